The van der Waals surface area contributed by atoms with Crippen LogP contribution in [-0.4, -0.2) is 5.16 Å². The molecule has 0 radical (unpaired) electrons. The number of benzene rings is 1. The number of aromatic nitrogens is 1. The Kier molecular flexibility index (Phi) is 2.86. The largest absolute Gasteiger partial charge is 0.452 e. The van der Waals surface area contributed by atoms with Gasteiger partial charge in [0.05, 0.1) is 5.69 Å². The molecule has 0 aliphatic heterocycles. The standard InChI is InChI=1S/C16H11BrF3NO/c17-13-10-4-2-1-3-9(10)7-15(13)6-5-12-11(8-15)14(22-21-12)16(18,19)20/h1-4,7H,5-6,8H2. The zero-order valence-corrected chi connectivity index (χ0v) is 13.0. The van der Waals surface area contributed by atoms with Crippen LogP contribution in [-0.2, 0) is 19.0 Å². The molecule has 2 nitrogen and oxygen atoms in total. The molecule has 1 heterocycles. The topological polar surface area (TPSA) is 26.0 Å². The van der Waals surface area contributed by atoms with Crippen molar-refractivity contribution in [2.45, 2.75) is 25.4 Å². The lowest BCUT2D eigenvalue weighted by Crippen LogP contribution is -2.27. The van der Waals surface area contributed by atoms with Gasteiger partial charge in [-0.15, -0.1) is 0 Å². The van der Waals surface area contributed by atoms with Crippen molar-refractivity contribution >= 4 is 26.5 Å². The highest BCUT2D eigenvalue weighted by atomic mass is 79.9. The Bertz CT molecular complexity index is 884. The van der Waals surface area contributed by atoms with Crippen molar-refractivity contribution in [3.05, 3.63) is 51.7 Å². The molecular weight excluding hydrogens is 359 g/mol. The molecule has 2 aliphatic rings. The maximum absolute atomic E-state index is 13.1. The third-order valence-corrected chi connectivity index (χ3v) is 5.71. The van der Waals surface area contributed by atoms with Crippen LogP contribution >= 0.6 is 15.9 Å². The molecular formula is C16H11BrF3NO. The van der Waals surface area contributed by atoms with Gasteiger partial charge in [-0.2, -0.15) is 13.2 Å². The first-order valence-corrected chi connectivity index (χ1v) is 7.73. The molecule has 2 aliphatic carbocycles. The predicted molar refractivity (Wildman–Crippen MR) is 78.5 cm³/mol. The van der Waals surface area contributed by atoms with Crippen molar-refractivity contribution in [3.63, 3.8) is 0 Å². The average molecular weight is 370 g/mol. The molecule has 4 rings (SSSR count). The van der Waals surface area contributed by atoms with E-state index in [1.54, 1.807) is 0 Å². The van der Waals surface area contributed by atoms with E-state index in [1.807, 2.05) is 24.3 Å². The molecule has 0 fully saturated rings. The number of hydrogen-bond acceptors (Lipinski definition) is 2. The van der Waals surface area contributed by atoms with Crippen molar-refractivity contribution in [1.29, 1.82) is 0 Å². The van der Waals surface area contributed by atoms with E-state index in [4.69, 9.17) is 0 Å². The Balaban J connectivity index is 1.87. The summed E-state index contributed by atoms with van der Waals surface area (Å²) in [6.07, 6.45) is -0.969. The summed E-state index contributed by atoms with van der Waals surface area (Å²) >= 11 is 3.62. The van der Waals surface area contributed by atoms with Crippen molar-refractivity contribution in [3.8, 4) is 0 Å². The van der Waals surface area contributed by atoms with Crippen LogP contribution in [0, 0.1) is 5.41 Å². The number of fused-ring (bicyclic) bond motifs is 2. The monoisotopic (exact) mass is 369 g/mol. The lowest BCUT2D eigenvalue weighted by molar-refractivity contribution is -0.156. The summed E-state index contributed by atoms with van der Waals surface area (Å²) in [5.74, 6) is -0.953. The van der Waals surface area contributed by atoms with E-state index in [0.717, 1.165) is 21.3 Å². The number of nitrogens with zero attached hydrogens (tertiary/aromatic N) is 1. The molecule has 1 aromatic carbocycles. The maximum Gasteiger partial charge on any atom is 0.452 e. The fourth-order valence-corrected chi connectivity index (χ4v) is 4.27. The Hall–Kier alpha value is -1.56. The SMILES string of the molecule is FC(F)(F)c1onc2c1CC1(C=c3ccccc3=C1Br)CC2. The van der Waals surface area contributed by atoms with Gasteiger partial charge in [0, 0.05) is 15.5 Å². The fraction of sp³-hybridized carbons (Fsp3) is 0.312. The minimum absolute atomic E-state index is 0.194. The summed E-state index contributed by atoms with van der Waals surface area (Å²) in [5.41, 5.74) is 0.199. The lowest BCUT2D eigenvalue weighted by atomic mass is 9.73. The molecule has 114 valence electrons. The number of alkyl halides is 3. The highest BCUT2D eigenvalue weighted by molar-refractivity contribution is 9.15. The minimum atomic E-state index is -4.50. The van der Waals surface area contributed by atoms with E-state index in [-0.39, 0.29) is 12.0 Å². The Labute approximate surface area is 132 Å². The van der Waals surface area contributed by atoms with Gasteiger partial charge in [0.1, 0.15) is 0 Å². The molecule has 0 saturated carbocycles. The van der Waals surface area contributed by atoms with Crippen LogP contribution in [0.1, 0.15) is 23.4 Å². The molecule has 0 amide bonds. The van der Waals surface area contributed by atoms with Gasteiger partial charge in [-0.3, -0.25) is 0 Å². The Morgan fingerprint density at radius 1 is 1.23 bits per heavy atom. The number of halogens is 4. The van der Waals surface area contributed by atoms with Crippen LogP contribution in [0.2, 0.25) is 0 Å². The van der Waals surface area contributed by atoms with E-state index >= 15 is 0 Å². The van der Waals surface area contributed by atoms with Crippen molar-refractivity contribution < 1.29 is 17.7 Å². The molecule has 22 heavy (non-hydrogen) atoms. The second-order valence-corrected chi connectivity index (χ2v) is 6.61. The second-order valence-electron chi connectivity index (χ2n) is 5.81. The molecule has 0 saturated heterocycles. The minimum Gasteiger partial charge on any atom is -0.351 e. The molecule has 1 atom stereocenters. The average Bonchev–Trinajstić information content (AvgIpc) is 3.00. The van der Waals surface area contributed by atoms with Crippen LogP contribution in [0.15, 0.2) is 28.8 Å². The summed E-state index contributed by atoms with van der Waals surface area (Å²) in [7, 11) is 0. The first-order valence-electron chi connectivity index (χ1n) is 6.94. The normalized spacial score (nSPS) is 23.4. The number of aryl methyl sites for hydroxylation is 1. The number of rotatable bonds is 0. The molecule has 0 bridgehead atoms. The lowest BCUT2D eigenvalue weighted by Gasteiger charge is -2.32. The zero-order chi connectivity index (χ0) is 15.5. The van der Waals surface area contributed by atoms with Crippen LogP contribution in [0.5, 0.6) is 0 Å². The summed E-state index contributed by atoms with van der Waals surface area (Å²) in [6, 6.07) is 7.84. The van der Waals surface area contributed by atoms with E-state index < -0.39 is 17.4 Å². The van der Waals surface area contributed by atoms with Gasteiger partial charge in [0.25, 0.3) is 0 Å². The molecule has 1 aromatic heterocycles. The van der Waals surface area contributed by atoms with Gasteiger partial charge in [0.2, 0.25) is 5.76 Å². The van der Waals surface area contributed by atoms with Crippen LogP contribution < -0.4 is 10.4 Å². The third-order valence-electron chi connectivity index (χ3n) is 4.49. The van der Waals surface area contributed by atoms with Crippen LogP contribution in [0.25, 0.3) is 10.6 Å². The smallest absolute Gasteiger partial charge is 0.351 e. The van der Waals surface area contributed by atoms with Crippen molar-refractivity contribution in [2.24, 2.45) is 5.41 Å². The zero-order valence-electron chi connectivity index (χ0n) is 11.4. The molecule has 2 aromatic rings. The van der Waals surface area contributed by atoms with Crippen LogP contribution in [0.4, 0.5) is 13.2 Å². The van der Waals surface area contributed by atoms with Gasteiger partial charge in [-0.05, 0) is 29.7 Å². The molecule has 0 N–H and O–H groups in total. The van der Waals surface area contributed by atoms with Gasteiger partial charge in [0.15, 0.2) is 0 Å². The van der Waals surface area contributed by atoms with Gasteiger partial charge >= 0.3 is 6.18 Å². The quantitative estimate of drug-likeness (QED) is 0.712. The first-order chi connectivity index (χ1) is 10.4. The molecule has 1 spiro atoms. The van der Waals surface area contributed by atoms with Crippen molar-refractivity contribution in [2.75, 3.05) is 0 Å². The van der Waals surface area contributed by atoms with Gasteiger partial charge in [-0.25, -0.2) is 0 Å². The Morgan fingerprint density at radius 3 is 2.73 bits per heavy atom. The van der Waals surface area contributed by atoms with Crippen molar-refractivity contribution in [1.82, 2.24) is 5.16 Å². The summed E-state index contributed by atoms with van der Waals surface area (Å²) in [6.45, 7) is 0. The third kappa shape index (κ3) is 1.89. The van der Waals surface area contributed by atoms with E-state index in [0.29, 0.717) is 12.1 Å². The highest BCUT2D eigenvalue weighted by Gasteiger charge is 2.46. The maximum atomic E-state index is 13.1. The molecule has 6 heteroatoms. The van der Waals surface area contributed by atoms with Gasteiger partial charge in [-0.1, -0.05) is 51.4 Å². The van der Waals surface area contributed by atoms with E-state index in [1.165, 1.54) is 0 Å². The highest BCUT2D eigenvalue weighted by Crippen LogP contribution is 2.49. The Morgan fingerprint density at radius 2 is 2.00 bits per heavy atom. The van der Waals surface area contributed by atoms with Crippen LogP contribution in [0.3, 0.4) is 0 Å². The number of hydrogen-bond donors (Lipinski definition) is 0. The summed E-state index contributed by atoms with van der Waals surface area (Å²) < 4.78 is 44.8. The second kappa shape index (κ2) is 4.47. The predicted octanol–water partition coefficient (Wildman–Crippen LogP) is 3.17. The first kappa shape index (κ1) is 14.1. The fourth-order valence-electron chi connectivity index (χ4n) is 3.45. The summed E-state index contributed by atoms with van der Waals surface area (Å²) in [4.78, 5) is 0. The van der Waals surface area contributed by atoms with Gasteiger partial charge < -0.3 is 4.52 Å². The molecule has 1 unspecified atom stereocenters. The van der Waals surface area contributed by atoms with E-state index in [9.17, 15) is 13.2 Å². The van der Waals surface area contributed by atoms with E-state index in [2.05, 4.69) is 31.7 Å². The summed E-state index contributed by atoms with van der Waals surface area (Å²) in [5, 5.41) is 5.73.